The van der Waals surface area contributed by atoms with Gasteiger partial charge >= 0.3 is 0 Å². The monoisotopic (exact) mass is 314 g/mol. The smallest absolute Gasteiger partial charge is 0.233 e. The van der Waals surface area contributed by atoms with Crippen molar-refractivity contribution in [2.24, 2.45) is 4.99 Å². The molecule has 2 aliphatic rings. The van der Waals surface area contributed by atoms with Gasteiger partial charge in [0.25, 0.3) is 0 Å². The number of anilines is 1. The SMILES string of the molecule is BrN1c2ccccc2CC12C=Nc1ccccc1O2. The van der Waals surface area contributed by atoms with E-state index in [4.69, 9.17) is 4.74 Å². The predicted octanol–water partition coefficient (Wildman–Crippen LogP) is 3.85. The topological polar surface area (TPSA) is 24.8 Å². The Morgan fingerprint density at radius 2 is 1.89 bits per heavy atom. The van der Waals surface area contributed by atoms with Gasteiger partial charge in [0.05, 0.1) is 28.0 Å². The van der Waals surface area contributed by atoms with Crippen molar-refractivity contribution in [2.75, 3.05) is 3.93 Å². The van der Waals surface area contributed by atoms with Crippen LogP contribution in [0.25, 0.3) is 0 Å². The van der Waals surface area contributed by atoms with Crippen LogP contribution in [0.15, 0.2) is 53.5 Å². The molecule has 1 spiro atoms. The van der Waals surface area contributed by atoms with E-state index in [-0.39, 0.29) is 0 Å². The average Bonchev–Trinajstić information content (AvgIpc) is 2.72. The van der Waals surface area contributed by atoms with Crippen molar-refractivity contribution in [1.82, 2.24) is 0 Å². The fourth-order valence-electron chi connectivity index (χ4n) is 2.61. The van der Waals surface area contributed by atoms with Gasteiger partial charge in [-0.1, -0.05) is 30.3 Å². The van der Waals surface area contributed by atoms with Crippen LogP contribution in [0.4, 0.5) is 11.4 Å². The normalized spacial score (nSPS) is 23.1. The van der Waals surface area contributed by atoms with Gasteiger partial charge in [-0.25, -0.2) is 0 Å². The van der Waals surface area contributed by atoms with Gasteiger partial charge in [0, 0.05) is 6.42 Å². The molecule has 0 amide bonds. The largest absolute Gasteiger partial charge is 0.459 e. The molecular weight excluding hydrogens is 304 g/mol. The molecule has 1 unspecified atom stereocenters. The molecule has 3 nitrogen and oxygen atoms in total. The molecule has 1 atom stereocenters. The van der Waals surface area contributed by atoms with Gasteiger partial charge in [-0.2, -0.15) is 0 Å². The number of aliphatic imine (C=N–C) groups is 1. The summed E-state index contributed by atoms with van der Waals surface area (Å²) < 4.78 is 8.19. The molecule has 2 aliphatic heterocycles. The Kier molecular flexibility index (Phi) is 2.23. The third-order valence-corrected chi connectivity index (χ3v) is 4.52. The molecule has 2 heterocycles. The van der Waals surface area contributed by atoms with Gasteiger partial charge in [-0.05, 0) is 23.8 Å². The Morgan fingerprint density at radius 1 is 1.11 bits per heavy atom. The zero-order valence-corrected chi connectivity index (χ0v) is 11.7. The lowest BCUT2D eigenvalue weighted by Crippen LogP contribution is -2.49. The second-order valence-corrected chi connectivity index (χ2v) is 5.47. The zero-order valence-electron chi connectivity index (χ0n) is 10.1. The van der Waals surface area contributed by atoms with Crippen molar-refractivity contribution in [3.8, 4) is 5.75 Å². The lowest BCUT2D eigenvalue weighted by atomic mass is 10.1. The summed E-state index contributed by atoms with van der Waals surface area (Å²) in [4.78, 5) is 4.54. The van der Waals surface area contributed by atoms with Crippen LogP contribution in [-0.4, -0.2) is 11.9 Å². The highest BCUT2D eigenvalue weighted by Gasteiger charge is 2.46. The van der Waals surface area contributed by atoms with Crippen LogP contribution in [0.5, 0.6) is 5.75 Å². The van der Waals surface area contributed by atoms with Crippen molar-refractivity contribution in [3.63, 3.8) is 0 Å². The summed E-state index contributed by atoms with van der Waals surface area (Å²) in [5.74, 6) is 0.822. The van der Waals surface area contributed by atoms with Crippen molar-refractivity contribution in [2.45, 2.75) is 12.1 Å². The van der Waals surface area contributed by atoms with Crippen molar-refractivity contribution < 1.29 is 4.74 Å². The number of ether oxygens (including phenoxy) is 1. The number of para-hydroxylation sites is 3. The van der Waals surface area contributed by atoms with Crippen molar-refractivity contribution in [3.05, 3.63) is 54.1 Å². The summed E-state index contributed by atoms with van der Waals surface area (Å²) >= 11 is 3.62. The van der Waals surface area contributed by atoms with Gasteiger partial charge in [0.15, 0.2) is 0 Å². The van der Waals surface area contributed by atoms with E-state index in [1.807, 2.05) is 46.5 Å². The summed E-state index contributed by atoms with van der Waals surface area (Å²) in [7, 11) is 0. The van der Waals surface area contributed by atoms with Crippen LogP contribution in [0, 0.1) is 0 Å². The Hall–Kier alpha value is -1.81. The van der Waals surface area contributed by atoms with E-state index < -0.39 is 5.72 Å². The Labute approximate surface area is 119 Å². The number of hydrogen-bond acceptors (Lipinski definition) is 3. The maximum Gasteiger partial charge on any atom is 0.233 e. The standard InChI is InChI=1S/C15H11BrN2O/c16-18-13-7-3-1-5-11(13)9-15(18)10-17-12-6-2-4-8-14(12)19-15/h1-8,10H,9H2. The highest BCUT2D eigenvalue weighted by Crippen LogP contribution is 2.45. The Bertz CT molecular complexity index is 685. The summed E-state index contributed by atoms with van der Waals surface area (Å²) in [5, 5.41) is 0. The van der Waals surface area contributed by atoms with E-state index >= 15 is 0 Å². The Balaban J connectivity index is 1.80. The third kappa shape index (κ3) is 1.53. The molecule has 2 aromatic rings. The van der Waals surface area contributed by atoms with Gasteiger partial charge < -0.3 is 4.74 Å². The van der Waals surface area contributed by atoms with E-state index in [0.717, 1.165) is 23.5 Å². The average molecular weight is 315 g/mol. The van der Waals surface area contributed by atoms with E-state index in [0.29, 0.717) is 0 Å². The lowest BCUT2D eigenvalue weighted by Gasteiger charge is -2.35. The van der Waals surface area contributed by atoms with E-state index in [9.17, 15) is 0 Å². The minimum atomic E-state index is -0.558. The van der Waals surface area contributed by atoms with Gasteiger partial charge in [-0.15, -0.1) is 0 Å². The van der Waals surface area contributed by atoms with Crippen molar-refractivity contribution >= 4 is 33.7 Å². The molecule has 19 heavy (non-hydrogen) atoms. The van der Waals surface area contributed by atoms with Crippen LogP contribution in [-0.2, 0) is 6.42 Å². The second kappa shape index (κ2) is 3.84. The van der Waals surface area contributed by atoms with Gasteiger partial charge in [-0.3, -0.25) is 8.92 Å². The quantitative estimate of drug-likeness (QED) is 0.690. The number of halogens is 1. The van der Waals surface area contributed by atoms with Gasteiger partial charge in [0.2, 0.25) is 5.72 Å². The van der Waals surface area contributed by atoms with Crippen LogP contribution in [0.3, 0.4) is 0 Å². The molecule has 0 bridgehead atoms. The first-order valence-electron chi connectivity index (χ1n) is 6.16. The summed E-state index contributed by atoms with van der Waals surface area (Å²) in [6.45, 7) is 0. The highest BCUT2D eigenvalue weighted by molar-refractivity contribution is 9.10. The zero-order chi connectivity index (χ0) is 12.9. The number of hydrogen-bond donors (Lipinski definition) is 0. The predicted molar refractivity (Wildman–Crippen MR) is 79.5 cm³/mol. The molecule has 0 fully saturated rings. The number of rotatable bonds is 0. The first-order valence-corrected chi connectivity index (χ1v) is 6.87. The molecule has 0 aromatic heterocycles. The molecule has 2 aromatic carbocycles. The number of fused-ring (bicyclic) bond motifs is 2. The van der Waals surface area contributed by atoms with Gasteiger partial charge in [0.1, 0.15) is 11.4 Å². The molecular formula is C15H11BrN2O. The fourth-order valence-corrected chi connectivity index (χ4v) is 3.24. The third-order valence-electron chi connectivity index (χ3n) is 3.54. The second-order valence-electron chi connectivity index (χ2n) is 4.76. The number of benzene rings is 2. The summed E-state index contributed by atoms with van der Waals surface area (Å²) in [5.41, 5.74) is 2.71. The molecule has 4 heteroatoms. The molecule has 0 N–H and O–H groups in total. The molecule has 0 aliphatic carbocycles. The number of nitrogens with zero attached hydrogens (tertiary/aromatic N) is 2. The molecule has 0 saturated heterocycles. The summed E-state index contributed by atoms with van der Waals surface area (Å²) in [6.07, 6.45) is 2.66. The minimum Gasteiger partial charge on any atom is -0.459 e. The minimum absolute atomic E-state index is 0.558. The first-order chi connectivity index (χ1) is 9.28. The van der Waals surface area contributed by atoms with Crippen LogP contribution in [0.2, 0.25) is 0 Å². The van der Waals surface area contributed by atoms with Crippen LogP contribution < -0.4 is 8.66 Å². The van der Waals surface area contributed by atoms with Crippen molar-refractivity contribution in [1.29, 1.82) is 0 Å². The summed E-state index contributed by atoms with van der Waals surface area (Å²) in [6, 6.07) is 16.1. The molecule has 94 valence electrons. The van der Waals surface area contributed by atoms with Crippen LogP contribution in [0.1, 0.15) is 5.56 Å². The molecule has 0 saturated carbocycles. The first kappa shape index (κ1) is 11.1. The van der Waals surface area contributed by atoms with E-state index in [2.05, 4.69) is 33.3 Å². The maximum atomic E-state index is 6.20. The maximum absolute atomic E-state index is 6.20. The lowest BCUT2D eigenvalue weighted by molar-refractivity contribution is 0.168. The van der Waals surface area contributed by atoms with Crippen LogP contribution >= 0.6 is 16.1 Å². The highest BCUT2D eigenvalue weighted by atomic mass is 79.9. The fraction of sp³-hybridized carbons (Fsp3) is 0.133. The molecule has 0 radical (unpaired) electrons. The van der Waals surface area contributed by atoms with E-state index in [1.165, 1.54) is 5.56 Å². The Morgan fingerprint density at radius 3 is 2.79 bits per heavy atom. The molecule has 4 rings (SSSR count). The van der Waals surface area contributed by atoms with E-state index in [1.54, 1.807) is 0 Å².